The lowest BCUT2D eigenvalue weighted by molar-refractivity contribution is -0.645. The second-order valence-electron chi connectivity index (χ2n) is 3.68. The van der Waals surface area contributed by atoms with Gasteiger partial charge in [-0.25, -0.2) is 0 Å². The number of thioether (sulfide) groups is 1. The molecule has 1 amide bonds. The minimum absolute atomic E-state index is 0.168. The quantitative estimate of drug-likeness (QED) is 0.259. The van der Waals surface area contributed by atoms with Crippen molar-refractivity contribution in [2.24, 2.45) is 0 Å². The topological polar surface area (TPSA) is 82.3 Å². The third kappa shape index (κ3) is 6.10. The van der Waals surface area contributed by atoms with Crippen LogP contribution >= 0.6 is 11.8 Å². The monoisotopic (exact) mass is 284 g/mol. The van der Waals surface area contributed by atoms with Gasteiger partial charge in [-0.3, -0.25) is 9.59 Å². The van der Waals surface area contributed by atoms with Crippen molar-refractivity contribution in [3.63, 3.8) is 0 Å². The molecule has 1 rings (SSSR count). The molecule has 0 aromatic carbocycles. The number of carbonyl (C=O) groups is 2. The van der Waals surface area contributed by atoms with Gasteiger partial charge in [-0.1, -0.05) is 0 Å². The Kier molecular flexibility index (Phi) is 6.73. The van der Waals surface area contributed by atoms with Gasteiger partial charge in [0.2, 0.25) is 5.91 Å². The molecular weight excluding hydrogens is 268 g/mol. The number of methoxy groups -OCH3 is 1. The van der Waals surface area contributed by atoms with E-state index in [1.54, 1.807) is 18.2 Å². The van der Waals surface area contributed by atoms with Gasteiger partial charge < -0.3 is 15.3 Å². The van der Waals surface area contributed by atoms with E-state index in [1.807, 2.05) is 0 Å². The van der Waals surface area contributed by atoms with Crippen LogP contribution in [-0.4, -0.2) is 31.3 Å². The van der Waals surface area contributed by atoms with Gasteiger partial charge in [0.15, 0.2) is 6.20 Å². The van der Waals surface area contributed by atoms with Gasteiger partial charge in [-0.2, -0.15) is 4.73 Å². The summed E-state index contributed by atoms with van der Waals surface area (Å²) in [6.45, 7) is 0.417. The predicted molar refractivity (Wildman–Crippen MR) is 70.4 cm³/mol. The van der Waals surface area contributed by atoms with Crippen molar-refractivity contribution in [1.82, 2.24) is 5.32 Å². The number of pyridine rings is 1. The molecule has 0 bridgehead atoms. The molecule has 19 heavy (non-hydrogen) atoms. The normalized spacial score (nSPS) is 9.95. The minimum Gasteiger partial charge on any atom is -0.618 e. The van der Waals surface area contributed by atoms with Gasteiger partial charge in [-0.15, -0.1) is 0 Å². The molecule has 1 aromatic rings. The summed E-state index contributed by atoms with van der Waals surface area (Å²) in [6.07, 6.45) is 2.20. The fourth-order valence-corrected chi connectivity index (χ4v) is 2.02. The SMILES string of the molecule is COC(=O)CCCNC(=O)CSc1cccc[n+]1[O-]. The van der Waals surface area contributed by atoms with Gasteiger partial charge in [0, 0.05) is 25.1 Å². The second-order valence-corrected chi connectivity index (χ2v) is 4.68. The maximum absolute atomic E-state index is 11.5. The Hall–Kier alpha value is -1.76. The van der Waals surface area contributed by atoms with Crippen molar-refractivity contribution in [1.29, 1.82) is 0 Å². The highest BCUT2D eigenvalue weighted by Gasteiger charge is 2.08. The molecule has 6 nitrogen and oxygen atoms in total. The molecule has 0 radical (unpaired) electrons. The number of esters is 1. The number of carbonyl (C=O) groups excluding carboxylic acids is 2. The van der Waals surface area contributed by atoms with Gasteiger partial charge in [0.05, 0.1) is 12.9 Å². The lowest BCUT2D eigenvalue weighted by Gasteiger charge is -2.05. The molecule has 1 aromatic heterocycles. The van der Waals surface area contributed by atoms with E-state index in [0.29, 0.717) is 18.0 Å². The van der Waals surface area contributed by atoms with Crippen LogP contribution < -0.4 is 10.0 Å². The van der Waals surface area contributed by atoms with Crippen LogP contribution in [0.5, 0.6) is 0 Å². The Morgan fingerprint density at radius 3 is 2.95 bits per heavy atom. The first-order valence-corrected chi connectivity index (χ1v) is 6.76. The maximum Gasteiger partial charge on any atom is 0.305 e. The Balaban J connectivity index is 2.18. The molecule has 0 aliphatic heterocycles. The molecular formula is C12H16N2O4S. The smallest absolute Gasteiger partial charge is 0.305 e. The largest absolute Gasteiger partial charge is 0.618 e. The van der Waals surface area contributed by atoms with Crippen molar-refractivity contribution < 1.29 is 19.1 Å². The number of hydrogen-bond donors (Lipinski definition) is 1. The van der Waals surface area contributed by atoms with Gasteiger partial charge in [-0.05, 0) is 24.2 Å². The third-order valence-corrected chi connectivity index (χ3v) is 3.27. The number of rotatable bonds is 7. The minimum atomic E-state index is -0.291. The first-order valence-electron chi connectivity index (χ1n) is 5.78. The third-order valence-electron chi connectivity index (χ3n) is 2.25. The van der Waals surface area contributed by atoms with E-state index in [9.17, 15) is 14.8 Å². The molecule has 0 spiro atoms. The Labute approximate surface area is 115 Å². The van der Waals surface area contributed by atoms with E-state index >= 15 is 0 Å². The van der Waals surface area contributed by atoms with Crippen LogP contribution in [0, 0.1) is 5.21 Å². The predicted octanol–water partition coefficient (Wildman–Crippen LogP) is 0.481. The van der Waals surface area contributed by atoms with E-state index in [-0.39, 0.29) is 24.1 Å². The van der Waals surface area contributed by atoms with Crippen molar-refractivity contribution in [2.45, 2.75) is 17.9 Å². The van der Waals surface area contributed by atoms with Crippen LogP contribution in [-0.2, 0) is 14.3 Å². The van der Waals surface area contributed by atoms with Crippen LogP contribution in [0.3, 0.4) is 0 Å². The van der Waals surface area contributed by atoms with Crippen LogP contribution in [0.25, 0.3) is 0 Å². The van der Waals surface area contributed by atoms with E-state index in [4.69, 9.17) is 0 Å². The highest BCUT2D eigenvalue weighted by atomic mass is 32.2. The summed E-state index contributed by atoms with van der Waals surface area (Å²) >= 11 is 1.17. The number of nitrogens with one attached hydrogen (secondary N) is 1. The first kappa shape index (κ1) is 15.3. The van der Waals surface area contributed by atoms with E-state index < -0.39 is 0 Å². The summed E-state index contributed by atoms with van der Waals surface area (Å²) < 4.78 is 5.20. The van der Waals surface area contributed by atoms with E-state index in [2.05, 4.69) is 10.1 Å². The molecule has 0 aliphatic rings. The number of aromatic nitrogens is 1. The van der Waals surface area contributed by atoms with Crippen molar-refractivity contribution >= 4 is 23.6 Å². The lowest BCUT2D eigenvalue weighted by Crippen LogP contribution is -2.30. The summed E-state index contributed by atoms with van der Waals surface area (Å²) in [7, 11) is 1.33. The molecule has 0 saturated carbocycles. The average Bonchev–Trinajstić information content (AvgIpc) is 2.42. The molecule has 0 fully saturated rings. The molecule has 1 N–H and O–H groups in total. The Morgan fingerprint density at radius 1 is 1.47 bits per heavy atom. The molecule has 7 heteroatoms. The highest BCUT2D eigenvalue weighted by molar-refractivity contribution is 7.99. The van der Waals surface area contributed by atoms with Gasteiger partial charge in [0.25, 0.3) is 5.03 Å². The zero-order chi connectivity index (χ0) is 14.1. The number of nitrogens with zero attached hydrogens (tertiary/aromatic N) is 1. The van der Waals surface area contributed by atoms with Crippen LogP contribution in [0.4, 0.5) is 0 Å². The molecule has 0 unspecified atom stereocenters. The first-order chi connectivity index (χ1) is 9.13. The summed E-state index contributed by atoms with van der Waals surface area (Å²) in [4.78, 5) is 22.3. The molecule has 1 heterocycles. The fraction of sp³-hybridized carbons (Fsp3) is 0.417. The van der Waals surface area contributed by atoms with Crippen molar-refractivity contribution in [2.75, 3.05) is 19.4 Å². The van der Waals surface area contributed by atoms with E-state index in [0.717, 1.165) is 4.73 Å². The highest BCUT2D eigenvalue weighted by Crippen LogP contribution is 2.11. The maximum atomic E-state index is 11.5. The van der Waals surface area contributed by atoms with E-state index in [1.165, 1.54) is 25.1 Å². The average molecular weight is 284 g/mol. The zero-order valence-corrected chi connectivity index (χ0v) is 11.4. The second kappa shape index (κ2) is 8.36. The summed E-state index contributed by atoms with van der Waals surface area (Å²) in [5, 5.41) is 14.5. The number of hydrogen-bond acceptors (Lipinski definition) is 5. The zero-order valence-electron chi connectivity index (χ0n) is 10.6. The fourth-order valence-electron chi connectivity index (χ4n) is 1.28. The Morgan fingerprint density at radius 2 is 2.26 bits per heavy atom. The standard InChI is InChI=1S/C12H16N2O4S/c1-18-12(16)6-4-7-13-10(15)9-19-11-5-2-3-8-14(11)17/h2-3,5,8H,4,6-7,9H2,1H3,(H,13,15). The van der Waals surface area contributed by atoms with Gasteiger partial charge in [0.1, 0.15) is 0 Å². The summed E-state index contributed by atoms with van der Waals surface area (Å²) in [6, 6.07) is 5.02. The molecule has 0 atom stereocenters. The van der Waals surface area contributed by atoms with Crippen LogP contribution in [0.1, 0.15) is 12.8 Å². The number of amides is 1. The van der Waals surface area contributed by atoms with Crippen molar-refractivity contribution in [3.8, 4) is 0 Å². The summed E-state index contributed by atoms with van der Waals surface area (Å²) in [5.74, 6) is -0.288. The summed E-state index contributed by atoms with van der Waals surface area (Å²) in [5.41, 5.74) is 0. The Bertz CT molecular complexity index is 439. The number of ether oxygens (including phenoxy) is 1. The molecule has 0 saturated heterocycles. The molecule has 104 valence electrons. The molecule has 0 aliphatic carbocycles. The van der Waals surface area contributed by atoms with Crippen LogP contribution in [0.2, 0.25) is 0 Å². The van der Waals surface area contributed by atoms with Crippen LogP contribution in [0.15, 0.2) is 29.4 Å². The lowest BCUT2D eigenvalue weighted by atomic mass is 10.3. The van der Waals surface area contributed by atoms with Crippen molar-refractivity contribution in [3.05, 3.63) is 29.6 Å². The van der Waals surface area contributed by atoms with Gasteiger partial charge >= 0.3 is 5.97 Å².